The summed E-state index contributed by atoms with van der Waals surface area (Å²) in [6, 6.07) is 10.1. The Kier molecular flexibility index (Phi) is 8.02. The number of piperidine rings is 1. The number of amides is 3. The summed E-state index contributed by atoms with van der Waals surface area (Å²) in [5.74, 6) is 2.80. The molecular weight excluding hydrogens is 521 g/mol. The second-order valence-electron chi connectivity index (χ2n) is 10.4. The maximum atomic E-state index is 13.7. The van der Waals surface area contributed by atoms with Gasteiger partial charge in [0.2, 0.25) is 0 Å². The normalized spacial score (nSPS) is 17.8. The zero-order valence-corrected chi connectivity index (χ0v) is 23.2. The Hall–Kier alpha value is -4.71. The van der Waals surface area contributed by atoms with Crippen molar-refractivity contribution in [3.63, 3.8) is 0 Å². The van der Waals surface area contributed by atoms with Crippen molar-refractivity contribution in [1.29, 1.82) is 0 Å². The lowest BCUT2D eigenvalue weighted by molar-refractivity contribution is -0.114. The number of nitrogens with two attached hydrogens (primary N) is 1. The molecule has 0 atom stereocenters. The summed E-state index contributed by atoms with van der Waals surface area (Å²) in [6.07, 6.45) is 11.6. The predicted octanol–water partition coefficient (Wildman–Crippen LogP) is 4.19. The summed E-state index contributed by atoms with van der Waals surface area (Å²) in [5, 5.41) is 3.05. The van der Waals surface area contributed by atoms with Gasteiger partial charge in [-0.15, -0.1) is 6.42 Å². The van der Waals surface area contributed by atoms with Crippen LogP contribution in [0.1, 0.15) is 24.0 Å². The van der Waals surface area contributed by atoms with E-state index in [9.17, 15) is 14.0 Å². The Labute approximate surface area is 239 Å². The summed E-state index contributed by atoms with van der Waals surface area (Å²) < 4.78 is 19.0. The minimum atomic E-state index is -0.323. The molecule has 9 heteroatoms. The van der Waals surface area contributed by atoms with Crippen LogP contribution in [0.25, 0.3) is 0 Å². The fourth-order valence-electron chi connectivity index (χ4n) is 5.85. The summed E-state index contributed by atoms with van der Waals surface area (Å²) in [5.41, 5.74) is 10.6. The molecule has 212 valence electrons. The average molecular weight is 556 g/mol. The Morgan fingerprint density at radius 2 is 1.90 bits per heavy atom. The first-order chi connectivity index (χ1) is 19.8. The molecule has 3 heterocycles. The quantitative estimate of drug-likeness (QED) is 0.317. The molecule has 0 aromatic heterocycles. The third-order valence-corrected chi connectivity index (χ3v) is 8.05. The van der Waals surface area contributed by atoms with E-state index in [0.717, 1.165) is 41.8 Å². The van der Waals surface area contributed by atoms with Gasteiger partial charge in [0.15, 0.2) is 0 Å². The first-order valence-electron chi connectivity index (χ1n) is 13.7. The van der Waals surface area contributed by atoms with E-state index in [1.165, 1.54) is 18.3 Å². The molecule has 0 radical (unpaired) electrons. The van der Waals surface area contributed by atoms with Gasteiger partial charge >= 0.3 is 6.03 Å². The monoisotopic (exact) mass is 555 g/mol. The number of anilines is 2. The van der Waals surface area contributed by atoms with Gasteiger partial charge < -0.3 is 30.5 Å². The summed E-state index contributed by atoms with van der Waals surface area (Å²) >= 11 is 0. The van der Waals surface area contributed by atoms with Gasteiger partial charge in [-0.3, -0.25) is 4.79 Å². The molecule has 41 heavy (non-hydrogen) atoms. The molecule has 0 saturated carbocycles. The van der Waals surface area contributed by atoms with Crippen molar-refractivity contribution in [3.05, 3.63) is 89.0 Å². The van der Waals surface area contributed by atoms with Crippen LogP contribution in [0.5, 0.6) is 5.75 Å². The molecule has 5 rings (SSSR count). The molecule has 3 N–H and O–H groups in total. The van der Waals surface area contributed by atoms with Crippen molar-refractivity contribution in [2.75, 3.05) is 43.5 Å². The number of ether oxygens (including phenoxy) is 1. The van der Waals surface area contributed by atoms with Crippen LogP contribution in [0.2, 0.25) is 0 Å². The number of methoxy groups -OCH3 is 1. The Morgan fingerprint density at radius 1 is 1.15 bits per heavy atom. The van der Waals surface area contributed by atoms with Gasteiger partial charge in [-0.1, -0.05) is 12.5 Å². The van der Waals surface area contributed by atoms with E-state index < -0.39 is 0 Å². The van der Waals surface area contributed by atoms with Crippen LogP contribution in [-0.2, 0) is 17.6 Å². The van der Waals surface area contributed by atoms with Crippen LogP contribution in [0.4, 0.5) is 20.6 Å². The molecule has 8 nitrogen and oxygen atoms in total. The number of terminal acetylenes is 1. The van der Waals surface area contributed by atoms with Gasteiger partial charge in [-0.05, 0) is 79.3 Å². The molecule has 3 aliphatic heterocycles. The molecule has 0 unspecified atom stereocenters. The molecule has 1 saturated heterocycles. The largest absolute Gasteiger partial charge is 0.497 e. The smallest absolute Gasteiger partial charge is 0.322 e. The number of carbonyl (C=O) groups excluding carboxylic acids is 2. The maximum absolute atomic E-state index is 13.7. The van der Waals surface area contributed by atoms with E-state index in [0.29, 0.717) is 49.6 Å². The molecule has 3 aliphatic rings. The number of rotatable bonds is 6. The molecule has 0 bridgehead atoms. The van der Waals surface area contributed by atoms with Crippen molar-refractivity contribution in [2.24, 2.45) is 5.73 Å². The maximum Gasteiger partial charge on any atom is 0.322 e. The molecule has 0 aliphatic carbocycles. The van der Waals surface area contributed by atoms with Gasteiger partial charge in [-0.2, -0.15) is 0 Å². The highest BCUT2D eigenvalue weighted by Crippen LogP contribution is 2.32. The van der Waals surface area contributed by atoms with Crippen LogP contribution in [-0.4, -0.2) is 61.1 Å². The number of hydrogen-bond donors (Lipinski definition) is 2. The van der Waals surface area contributed by atoms with Crippen molar-refractivity contribution < 1.29 is 18.7 Å². The fraction of sp³-hybridized carbons (Fsp3) is 0.312. The molecule has 1 fully saturated rings. The lowest BCUT2D eigenvalue weighted by Gasteiger charge is -2.39. The van der Waals surface area contributed by atoms with Gasteiger partial charge in [0.1, 0.15) is 11.6 Å². The number of nitrogens with zero attached hydrogens (tertiary/aromatic N) is 3. The summed E-state index contributed by atoms with van der Waals surface area (Å²) in [7, 11) is 1.63. The van der Waals surface area contributed by atoms with Crippen molar-refractivity contribution in [2.45, 2.75) is 31.7 Å². The second-order valence-corrected chi connectivity index (χ2v) is 10.4. The van der Waals surface area contributed by atoms with E-state index in [1.54, 1.807) is 24.2 Å². The van der Waals surface area contributed by atoms with E-state index in [2.05, 4.69) is 22.7 Å². The summed E-state index contributed by atoms with van der Waals surface area (Å²) in [6.45, 7) is 6.33. The number of fused-ring (bicyclic) bond motifs is 2. The minimum Gasteiger partial charge on any atom is -0.497 e. The number of urea groups is 1. The summed E-state index contributed by atoms with van der Waals surface area (Å²) in [4.78, 5) is 32.1. The Morgan fingerprint density at radius 3 is 2.61 bits per heavy atom. The first kappa shape index (κ1) is 27.8. The second kappa shape index (κ2) is 11.8. The van der Waals surface area contributed by atoms with Gasteiger partial charge in [-0.25, -0.2) is 9.18 Å². The standard InChI is InChI=1S/C32H34FN5O3/c1-4-22(20-34)30(17-21(2)31(39)38-16-10-24-18-25(33)5-8-29(24)38)36-13-11-26(12-14-36)37-15-9-23-19-27(41-3)6-7-28(23)35-32(37)40/h1,5-8,17-20,26H,2,9-16,34H2,3H3,(H,35,40)/b22-20-,30-17+. The lowest BCUT2D eigenvalue weighted by Crippen LogP contribution is -2.48. The van der Waals surface area contributed by atoms with Gasteiger partial charge in [0, 0.05) is 55.4 Å². The minimum absolute atomic E-state index is 0.0474. The van der Waals surface area contributed by atoms with Crippen molar-refractivity contribution in [3.8, 4) is 18.1 Å². The van der Waals surface area contributed by atoms with E-state index in [1.807, 2.05) is 23.1 Å². The van der Waals surface area contributed by atoms with Gasteiger partial charge in [0.25, 0.3) is 5.91 Å². The number of likely N-dealkylation sites (tertiary alicyclic amines) is 1. The Balaban J connectivity index is 1.28. The van der Waals surface area contributed by atoms with Crippen molar-refractivity contribution in [1.82, 2.24) is 9.80 Å². The van der Waals surface area contributed by atoms with Crippen LogP contribution in [0.15, 0.2) is 72.1 Å². The van der Waals surface area contributed by atoms with E-state index in [-0.39, 0.29) is 29.4 Å². The van der Waals surface area contributed by atoms with Crippen LogP contribution in [0.3, 0.4) is 0 Å². The zero-order chi connectivity index (χ0) is 29.1. The van der Waals surface area contributed by atoms with E-state index >= 15 is 0 Å². The SMILES string of the molecule is C#CC(=C/N)/C(=C\C(=C)C(=O)N1CCc2cc(F)ccc21)N1CCC(N2CCc3cc(OC)ccc3NC2=O)CC1. The number of allylic oxidation sites excluding steroid dienone is 1. The lowest BCUT2D eigenvalue weighted by atomic mass is 10.00. The fourth-order valence-corrected chi connectivity index (χ4v) is 5.85. The number of carbonyl (C=O) groups is 2. The number of benzene rings is 2. The average Bonchev–Trinajstić information content (AvgIpc) is 3.32. The molecule has 2 aromatic carbocycles. The third kappa shape index (κ3) is 5.64. The highest BCUT2D eigenvalue weighted by Gasteiger charge is 2.32. The highest BCUT2D eigenvalue weighted by atomic mass is 19.1. The van der Waals surface area contributed by atoms with Crippen molar-refractivity contribution >= 4 is 23.3 Å². The predicted molar refractivity (Wildman–Crippen MR) is 158 cm³/mol. The number of halogens is 1. The molecule has 2 aromatic rings. The Bertz CT molecular complexity index is 1480. The molecule has 0 spiro atoms. The third-order valence-electron chi connectivity index (χ3n) is 8.05. The first-order valence-corrected chi connectivity index (χ1v) is 13.7. The molecular formula is C32H34FN5O3. The topological polar surface area (TPSA) is 91.1 Å². The van der Waals surface area contributed by atoms with Gasteiger partial charge in [0.05, 0.1) is 18.4 Å². The van der Waals surface area contributed by atoms with Crippen LogP contribution in [0, 0.1) is 18.2 Å². The number of nitrogens with one attached hydrogen (secondary N) is 1. The van der Waals surface area contributed by atoms with E-state index in [4.69, 9.17) is 16.9 Å². The number of hydrogen-bond acceptors (Lipinski definition) is 5. The highest BCUT2D eigenvalue weighted by molar-refractivity contribution is 6.08. The van der Waals surface area contributed by atoms with Crippen LogP contribution < -0.4 is 20.7 Å². The molecule has 3 amide bonds. The van der Waals surface area contributed by atoms with Crippen LogP contribution >= 0.6 is 0 Å². The zero-order valence-electron chi connectivity index (χ0n) is 23.2.